The Hall–Kier alpha value is -0.470. The van der Waals surface area contributed by atoms with E-state index in [4.69, 9.17) is 23.2 Å². The van der Waals surface area contributed by atoms with Crippen molar-refractivity contribution < 1.29 is 4.39 Å². The van der Waals surface area contributed by atoms with Gasteiger partial charge in [-0.3, -0.25) is 0 Å². The Morgan fingerprint density at radius 2 is 1.91 bits per heavy atom. The second-order valence-electron chi connectivity index (χ2n) is 1.92. The maximum atomic E-state index is 12.8. The number of nitrogens with one attached hydrogen (secondary N) is 1. The lowest BCUT2D eigenvalue weighted by atomic mass is 10.3. The first kappa shape index (κ1) is 8.62. The number of para-hydroxylation sites is 1. The molecule has 1 nitrogen and oxygen atoms in total. The minimum atomic E-state index is -0.785. The van der Waals surface area contributed by atoms with Gasteiger partial charge in [-0.05, 0) is 12.1 Å². The second-order valence-corrected chi connectivity index (χ2v) is 3.02. The number of alkyl halides is 2. The zero-order valence-electron chi connectivity index (χ0n) is 5.52. The van der Waals surface area contributed by atoms with Gasteiger partial charge in [0.25, 0.3) is 0 Å². The van der Waals surface area contributed by atoms with E-state index < -0.39 is 4.96 Å². The summed E-state index contributed by atoms with van der Waals surface area (Å²) in [5.41, 5.74) is 0.308. The first-order chi connectivity index (χ1) is 5.20. The van der Waals surface area contributed by atoms with E-state index in [1.54, 1.807) is 18.2 Å². The van der Waals surface area contributed by atoms with Gasteiger partial charge in [-0.25, -0.2) is 4.39 Å². The molecule has 0 unspecified atom stereocenters. The molecular weight excluding hydrogens is 188 g/mol. The monoisotopic (exact) mass is 193 g/mol. The smallest absolute Gasteiger partial charge is 0.177 e. The van der Waals surface area contributed by atoms with E-state index in [2.05, 4.69) is 5.32 Å². The van der Waals surface area contributed by atoms with Crippen LogP contribution in [0.25, 0.3) is 0 Å². The van der Waals surface area contributed by atoms with Gasteiger partial charge < -0.3 is 5.32 Å². The van der Waals surface area contributed by atoms with Crippen LogP contribution in [0.2, 0.25) is 0 Å². The van der Waals surface area contributed by atoms with Crippen molar-refractivity contribution in [2.45, 2.75) is 4.96 Å². The molecule has 4 heteroatoms. The molecule has 0 aliphatic heterocycles. The fourth-order valence-electron chi connectivity index (χ4n) is 0.696. The van der Waals surface area contributed by atoms with Gasteiger partial charge in [-0.1, -0.05) is 35.3 Å². The van der Waals surface area contributed by atoms with Crippen LogP contribution in [0.3, 0.4) is 0 Å². The molecule has 0 heterocycles. The quantitative estimate of drug-likeness (QED) is 0.563. The topological polar surface area (TPSA) is 12.0 Å². The third kappa shape index (κ3) is 2.56. The van der Waals surface area contributed by atoms with E-state index in [-0.39, 0.29) is 5.82 Å². The number of rotatable bonds is 2. The molecule has 1 rings (SSSR count). The Morgan fingerprint density at radius 3 is 2.45 bits per heavy atom. The van der Waals surface area contributed by atoms with Gasteiger partial charge in [0.05, 0.1) is 5.69 Å². The minimum Gasteiger partial charge on any atom is -0.355 e. The van der Waals surface area contributed by atoms with Crippen molar-refractivity contribution in [2.24, 2.45) is 0 Å². The number of halogens is 3. The summed E-state index contributed by atoms with van der Waals surface area (Å²) in [6.45, 7) is 0. The van der Waals surface area contributed by atoms with Crippen LogP contribution in [-0.4, -0.2) is 4.96 Å². The summed E-state index contributed by atoms with van der Waals surface area (Å²) >= 11 is 10.7. The van der Waals surface area contributed by atoms with Crippen LogP contribution in [-0.2, 0) is 0 Å². The van der Waals surface area contributed by atoms with E-state index in [9.17, 15) is 4.39 Å². The molecule has 0 aromatic heterocycles. The van der Waals surface area contributed by atoms with E-state index in [1.807, 2.05) is 0 Å². The molecule has 1 aromatic carbocycles. The average molecular weight is 194 g/mol. The fourth-order valence-corrected chi connectivity index (χ4v) is 0.931. The van der Waals surface area contributed by atoms with Gasteiger partial charge >= 0.3 is 0 Å². The van der Waals surface area contributed by atoms with Crippen LogP contribution < -0.4 is 5.32 Å². The summed E-state index contributed by atoms with van der Waals surface area (Å²) in [4.78, 5) is -0.785. The van der Waals surface area contributed by atoms with Crippen LogP contribution >= 0.6 is 23.2 Å². The number of hydrogen-bond acceptors (Lipinski definition) is 1. The summed E-state index contributed by atoms with van der Waals surface area (Å²) < 4.78 is 12.8. The maximum Gasteiger partial charge on any atom is 0.177 e. The second kappa shape index (κ2) is 3.79. The normalized spacial score (nSPS) is 10.2. The molecule has 0 saturated carbocycles. The summed E-state index contributed by atoms with van der Waals surface area (Å²) in [5.74, 6) is -0.362. The molecule has 0 saturated heterocycles. The van der Waals surface area contributed by atoms with Crippen molar-refractivity contribution in [3.8, 4) is 0 Å². The van der Waals surface area contributed by atoms with E-state index in [1.165, 1.54) is 6.07 Å². The van der Waals surface area contributed by atoms with Gasteiger partial charge in [-0.15, -0.1) is 0 Å². The number of anilines is 1. The van der Waals surface area contributed by atoms with Gasteiger partial charge in [0, 0.05) is 0 Å². The summed E-state index contributed by atoms with van der Waals surface area (Å²) in [6.07, 6.45) is 0. The first-order valence-electron chi connectivity index (χ1n) is 2.99. The molecule has 0 bridgehead atoms. The third-order valence-electron chi connectivity index (χ3n) is 1.14. The number of hydrogen-bond donors (Lipinski definition) is 1. The zero-order valence-corrected chi connectivity index (χ0v) is 7.03. The lowest BCUT2D eigenvalue weighted by molar-refractivity contribution is 0.631. The lowest BCUT2D eigenvalue weighted by Gasteiger charge is -2.06. The Morgan fingerprint density at radius 1 is 1.27 bits per heavy atom. The highest BCUT2D eigenvalue weighted by molar-refractivity contribution is 6.45. The summed E-state index contributed by atoms with van der Waals surface area (Å²) in [7, 11) is 0. The Labute approximate surface area is 74.1 Å². The lowest BCUT2D eigenvalue weighted by Crippen LogP contribution is -2.05. The Balaban J connectivity index is 2.78. The summed E-state index contributed by atoms with van der Waals surface area (Å²) in [5, 5.41) is 2.53. The highest BCUT2D eigenvalue weighted by Gasteiger charge is 2.02. The van der Waals surface area contributed by atoms with Gasteiger partial charge in [0.15, 0.2) is 4.96 Å². The maximum absolute atomic E-state index is 12.8. The molecule has 1 aromatic rings. The van der Waals surface area contributed by atoms with Crippen LogP contribution in [0.4, 0.5) is 10.1 Å². The van der Waals surface area contributed by atoms with Gasteiger partial charge in [-0.2, -0.15) is 0 Å². The molecule has 60 valence electrons. The van der Waals surface area contributed by atoms with Gasteiger partial charge in [0.2, 0.25) is 0 Å². The van der Waals surface area contributed by atoms with Crippen LogP contribution in [0.1, 0.15) is 0 Å². The van der Waals surface area contributed by atoms with E-state index >= 15 is 0 Å². The largest absolute Gasteiger partial charge is 0.355 e. The fraction of sp³-hybridized carbons (Fsp3) is 0.143. The van der Waals surface area contributed by atoms with Crippen molar-refractivity contribution in [3.63, 3.8) is 0 Å². The van der Waals surface area contributed by atoms with Crippen molar-refractivity contribution in [1.82, 2.24) is 0 Å². The molecule has 0 radical (unpaired) electrons. The molecular formula is C7H6Cl2FN. The molecule has 0 aliphatic carbocycles. The van der Waals surface area contributed by atoms with Crippen LogP contribution in [0.5, 0.6) is 0 Å². The summed E-state index contributed by atoms with van der Waals surface area (Å²) in [6, 6.07) is 6.19. The Kier molecular flexibility index (Phi) is 2.97. The van der Waals surface area contributed by atoms with Crippen molar-refractivity contribution in [1.29, 1.82) is 0 Å². The average Bonchev–Trinajstić information content (AvgIpc) is 1.93. The standard InChI is InChI=1S/C7H6Cl2FN/c8-7(9)11-6-4-2-1-3-5(6)10/h1-4,7,11H. The molecule has 0 spiro atoms. The molecule has 11 heavy (non-hydrogen) atoms. The van der Waals surface area contributed by atoms with Gasteiger partial charge in [0.1, 0.15) is 5.82 Å². The predicted octanol–water partition coefficient (Wildman–Crippen LogP) is 3.00. The van der Waals surface area contributed by atoms with Crippen LogP contribution in [0, 0.1) is 5.82 Å². The van der Waals surface area contributed by atoms with Crippen molar-refractivity contribution >= 4 is 28.9 Å². The third-order valence-corrected chi connectivity index (χ3v) is 1.36. The SMILES string of the molecule is Fc1ccccc1NC(Cl)Cl. The molecule has 0 atom stereocenters. The molecule has 0 fully saturated rings. The minimum absolute atomic E-state index is 0.308. The molecule has 0 amide bonds. The highest BCUT2D eigenvalue weighted by atomic mass is 35.5. The van der Waals surface area contributed by atoms with Crippen molar-refractivity contribution in [2.75, 3.05) is 5.32 Å². The molecule has 1 N–H and O–H groups in total. The van der Waals surface area contributed by atoms with Crippen molar-refractivity contribution in [3.05, 3.63) is 30.1 Å². The first-order valence-corrected chi connectivity index (χ1v) is 3.86. The number of benzene rings is 1. The predicted molar refractivity (Wildman–Crippen MR) is 45.5 cm³/mol. The van der Waals surface area contributed by atoms with E-state index in [0.717, 1.165) is 0 Å². The molecule has 0 aliphatic rings. The van der Waals surface area contributed by atoms with Crippen LogP contribution in [0.15, 0.2) is 24.3 Å². The Bertz CT molecular complexity index is 240. The van der Waals surface area contributed by atoms with E-state index in [0.29, 0.717) is 5.69 Å². The highest BCUT2D eigenvalue weighted by Crippen LogP contribution is 2.15. The zero-order chi connectivity index (χ0) is 8.27.